The van der Waals surface area contributed by atoms with Gasteiger partial charge < -0.3 is 9.80 Å². The van der Waals surface area contributed by atoms with E-state index in [4.69, 9.17) is 0 Å². The zero-order valence-corrected chi connectivity index (χ0v) is 14.5. The Bertz CT molecular complexity index is 711. The Hall–Kier alpha value is -2.42. The predicted octanol–water partition coefficient (Wildman–Crippen LogP) is 1.80. The Morgan fingerprint density at radius 3 is 3.00 bits per heavy atom. The molecule has 1 aliphatic rings. The molecule has 0 radical (unpaired) electrons. The van der Waals surface area contributed by atoms with Gasteiger partial charge in [0.15, 0.2) is 0 Å². The molecule has 1 aliphatic heterocycles. The van der Waals surface area contributed by atoms with E-state index in [1.54, 1.807) is 25.4 Å². The third-order valence-corrected chi connectivity index (χ3v) is 4.91. The maximum Gasteiger partial charge on any atom is 0.324 e. The molecule has 2 aromatic rings. The molecule has 2 aromatic heterocycles. The van der Waals surface area contributed by atoms with Crippen molar-refractivity contribution in [1.82, 2.24) is 24.6 Å². The van der Waals surface area contributed by atoms with Crippen LogP contribution in [0.4, 0.5) is 10.7 Å². The molecule has 1 N–H and O–H groups in total. The number of rotatable bonds is 4. The molecule has 128 valence electrons. The second-order valence-corrected chi connectivity index (χ2v) is 6.83. The molecule has 0 bridgehead atoms. The molecular weight excluding hydrogens is 328 g/mol. The van der Waals surface area contributed by atoms with Gasteiger partial charge in [0.05, 0.1) is 6.04 Å². The van der Waals surface area contributed by atoms with Crippen LogP contribution in [0.1, 0.15) is 23.8 Å². The number of likely N-dealkylation sites (N-methyl/N-ethyl adjacent to an activating group) is 1. The molecule has 0 unspecified atom stereocenters. The van der Waals surface area contributed by atoms with Gasteiger partial charge in [-0.15, -0.1) is 16.4 Å². The van der Waals surface area contributed by atoms with Gasteiger partial charge in [0.25, 0.3) is 0 Å². The number of aromatic nitrogens is 3. The Kier molecular flexibility index (Phi) is 4.79. The van der Waals surface area contributed by atoms with Crippen LogP contribution in [-0.2, 0) is 11.3 Å². The van der Waals surface area contributed by atoms with Crippen LogP contribution < -0.4 is 5.32 Å². The summed E-state index contributed by atoms with van der Waals surface area (Å²) in [6.07, 6.45) is 3.39. The van der Waals surface area contributed by atoms with Crippen LogP contribution >= 0.6 is 11.3 Å². The number of hydrogen-bond acceptors (Lipinski definition) is 5. The van der Waals surface area contributed by atoms with Crippen molar-refractivity contribution in [1.29, 1.82) is 0 Å². The molecule has 1 fully saturated rings. The molecule has 0 saturated carbocycles. The maximum atomic E-state index is 12.5. The Balaban J connectivity index is 1.62. The highest BCUT2D eigenvalue weighted by atomic mass is 32.1. The molecule has 0 aromatic carbocycles. The van der Waals surface area contributed by atoms with Crippen molar-refractivity contribution in [3.05, 3.63) is 28.7 Å². The standard InChI is InChI=1S/C15H20N6O2S/c1-19(2)13(22)9-20-10-16-14(18-20)17-15(23)21-7-3-5-11(21)12-6-4-8-24-12/h4,6,8,10-11H,3,5,7,9H2,1-2H3,(H,17,18,23)/t11-/m0/s1. The molecule has 0 aliphatic carbocycles. The van der Waals surface area contributed by atoms with Crippen LogP contribution in [0, 0.1) is 0 Å². The van der Waals surface area contributed by atoms with Gasteiger partial charge in [-0.3, -0.25) is 10.1 Å². The van der Waals surface area contributed by atoms with Gasteiger partial charge in [0.2, 0.25) is 11.9 Å². The molecular formula is C15H20N6O2S. The second-order valence-electron chi connectivity index (χ2n) is 5.85. The Morgan fingerprint density at radius 1 is 1.46 bits per heavy atom. The molecule has 1 saturated heterocycles. The number of carbonyl (C=O) groups is 2. The van der Waals surface area contributed by atoms with Gasteiger partial charge >= 0.3 is 6.03 Å². The quantitative estimate of drug-likeness (QED) is 0.913. The van der Waals surface area contributed by atoms with E-state index in [2.05, 4.69) is 21.5 Å². The monoisotopic (exact) mass is 348 g/mol. The van der Waals surface area contributed by atoms with Crippen molar-refractivity contribution < 1.29 is 9.59 Å². The van der Waals surface area contributed by atoms with E-state index in [-0.39, 0.29) is 30.5 Å². The fourth-order valence-corrected chi connectivity index (χ4v) is 3.54. The highest BCUT2D eigenvalue weighted by Crippen LogP contribution is 2.34. The minimum atomic E-state index is -0.206. The van der Waals surface area contributed by atoms with E-state index >= 15 is 0 Å². The Labute approximate surface area is 144 Å². The minimum absolute atomic E-state index is 0.0879. The lowest BCUT2D eigenvalue weighted by Gasteiger charge is -2.23. The number of likely N-dealkylation sites (tertiary alicyclic amines) is 1. The largest absolute Gasteiger partial charge is 0.347 e. The number of hydrogen-bond donors (Lipinski definition) is 1. The highest BCUT2D eigenvalue weighted by Gasteiger charge is 2.31. The van der Waals surface area contributed by atoms with E-state index < -0.39 is 0 Å². The third kappa shape index (κ3) is 3.56. The maximum absolute atomic E-state index is 12.5. The molecule has 8 nitrogen and oxygen atoms in total. The minimum Gasteiger partial charge on any atom is -0.347 e. The van der Waals surface area contributed by atoms with Gasteiger partial charge in [0, 0.05) is 25.5 Å². The summed E-state index contributed by atoms with van der Waals surface area (Å²) < 4.78 is 1.42. The van der Waals surface area contributed by atoms with E-state index in [9.17, 15) is 9.59 Å². The van der Waals surface area contributed by atoms with Crippen molar-refractivity contribution in [2.75, 3.05) is 26.0 Å². The summed E-state index contributed by atoms with van der Waals surface area (Å²) in [5, 5.41) is 8.88. The van der Waals surface area contributed by atoms with Crippen LogP contribution in [0.5, 0.6) is 0 Å². The average Bonchev–Trinajstić information content (AvgIpc) is 3.28. The van der Waals surface area contributed by atoms with Crippen molar-refractivity contribution in [3.8, 4) is 0 Å². The predicted molar refractivity (Wildman–Crippen MR) is 90.7 cm³/mol. The average molecular weight is 348 g/mol. The fourth-order valence-electron chi connectivity index (χ4n) is 2.66. The van der Waals surface area contributed by atoms with Gasteiger partial charge in [-0.05, 0) is 24.3 Å². The second kappa shape index (κ2) is 7.00. The molecule has 3 heterocycles. The summed E-state index contributed by atoms with van der Waals surface area (Å²) in [6, 6.07) is 3.96. The van der Waals surface area contributed by atoms with Crippen LogP contribution in [-0.4, -0.2) is 57.1 Å². The number of nitrogens with zero attached hydrogens (tertiary/aromatic N) is 5. The molecule has 24 heavy (non-hydrogen) atoms. The van der Waals surface area contributed by atoms with Crippen molar-refractivity contribution in [2.45, 2.75) is 25.4 Å². The zero-order valence-electron chi connectivity index (χ0n) is 13.7. The normalized spacial score (nSPS) is 17.1. The van der Waals surface area contributed by atoms with Crippen LogP contribution in [0.3, 0.4) is 0 Å². The summed E-state index contributed by atoms with van der Waals surface area (Å²) in [5.41, 5.74) is 0. The smallest absolute Gasteiger partial charge is 0.324 e. The topological polar surface area (TPSA) is 83.4 Å². The lowest BCUT2D eigenvalue weighted by atomic mass is 10.2. The van der Waals surface area contributed by atoms with E-state index in [0.717, 1.165) is 12.8 Å². The third-order valence-electron chi connectivity index (χ3n) is 3.94. The molecule has 9 heteroatoms. The van der Waals surface area contributed by atoms with Crippen LogP contribution in [0.25, 0.3) is 0 Å². The summed E-state index contributed by atoms with van der Waals surface area (Å²) >= 11 is 1.66. The van der Waals surface area contributed by atoms with Gasteiger partial charge in [-0.1, -0.05) is 6.07 Å². The van der Waals surface area contributed by atoms with Crippen LogP contribution in [0.2, 0.25) is 0 Å². The van der Waals surface area contributed by atoms with Crippen molar-refractivity contribution >= 4 is 29.2 Å². The fraction of sp³-hybridized carbons (Fsp3) is 0.467. The lowest BCUT2D eigenvalue weighted by Crippen LogP contribution is -2.34. The summed E-state index contributed by atoms with van der Waals surface area (Å²) in [5.74, 6) is 0.124. The number of nitrogens with one attached hydrogen (secondary N) is 1. The highest BCUT2D eigenvalue weighted by molar-refractivity contribution is 7.10. The summed E-state index contributed by atoms with van der Waals surface area (Å²) in [6.45, 7) is 0.811. The first-order chi connectivity index (χ1) is 11.5. The van der Waals surface area contributed by atoms with Gasteiger partial charge in [0.1, 0.15) is 12.9 Å². The van der Waals surface area contributed by atoms with E-state index in [1.165, 1.54) is 20.8 Å². The number of carbonyl (C=O) groups excluding carboxylic acids is 2. The van der Waals surface area contributed by atoms with Gasteiger partial charge in [-0.25, -0.2) is 14.5 Å². The van der Waals surface area contributed by atoms with E-state index in [0.29, 0.717) is 6.54 Å². The number of urea groups is 1. The first-order valence-electron chi connectivity index (χ1n) is 7.75. The first-order valence-corrected chi connectivity index (χ1v) is 8.63. The molecule has 3 amide bonds. The lowest BCUT2D eigenvalue weighted by molar-refractivity contribution is -0.129. The summed E-state index contributed by atoms with van der Waals surface area (Å²) in [4.78, 5) is 32.7. The molecule has 0 spiro atoms. The SMILES string of the molecule is CN(C)C(=O)Cn1cnc(NC(=O)N2CCC[C@H]2c2cccs2)n1. The molecule has 3 rings (SSSR count). The van der Waals surface area contributed by atoms with Crippen LogP contribution in [0.15, 0.2) is 23.8 Å². The summed E-state index contributed by atoms with van der Waals surface area (Å²) in [7, 11) is 3.36. The number of thiophene rings is 1. The number of amides is 3. The van der Waals surface area contributed by atoms with Crippen molar-refractivity contribution in [3.63, 3.8) is 0 Å². The first kappa shape index (κ1) is 16.4. The van der Waals surface area contributed by atoms with Crippen molar-refractivity contribution in [2.24, 2.45) is 0 Å². The number of anilines is 1. The zero-order chi connectivity index (χ0) is 17.1. The van der Waals surface area contributed by atoms with Gasteiger partial charge in [-0.2, -0.15) is 0 Å². The van der Waals surface area contributed by atoms with E-state index in [1.807, 2.05) is 16.3 Å². The Morgan fingerprint density at radius 2 is 2.29 bits per heavy atom. The molecule has 1 atom stereocenters.